The molecule has 0 amide bonds. The Morgan fingerprint density at radius 3 is 2.10 bits per heavy atom. The van der Waals surface area contributed by atoms with E-state index in [9.17, 15) is 40.5 Å². The number of carbonyl (C=O) groups is 1. The summed E-state index contributed by atoms with van der Waals surface area (Å²) in [5.74, 6) is -5.11. The largest absolute Gasteiger partial charge is 0.456 e. The number of aliphatic hydroxyl groups is 7. The molecule has 4 fully saturated rings. The minimum Gasteiger partial charge on any atom is -0.456 e. The zero-order valence-electron chi connectivity index (χ0n) is 48.8. The van der Waals surface area contributed by atoms with Gasteiger partial charge in [0.15, 0.2) is 18.9 Å². The summed E-state index contributed by atoms with van der Waals surface area (Å²) in [7, 11) is 5.99. The normalized spacial score (nSPS) is 46.2. The van der Waals surface area contributed by atoms with Crippen molar-refractivity contribution in [1.82, 2.24) is 0 Å². The molecule has 20 nitrogen and oxygen atoms in total. The summed E-state index contributed by atoms with van der Waals surface area (Å²) < 4.78 is 72.4. The van der Waals surface area contributed by atoms with Crippen LogP contribution in [0.4, 0.5) is 0 Å². The van der Waals surface area contributed by atoms with E-state index < -0.39 is 146 Å². The highest BCUT2D eigenvalue weighted by Crippen LogP contribution is 2.43. The van der Waals surface area contributed by atoms with Gasteiger partial charge in [-0.3, -0.25) is 0 Å². The zero-order valence-corrected chi connectivity index (χ0v) is 48.8. The van der Waals surface area contributed by atoms with Gasteiger partial charge in [0.1, 0.15) is 42.7 Å². The van der Waals surface area contributed by atoms with E-state index >= 15 is 0 Å². The molecule has 5 rings (SSSR count). The predicted octanol–water partition coefficient (Wildman–Crippen LogP) is 4.62. The SMILES string of the molecule is COC[C@@H](C[C@H]1O[C@@](O)([C@H](O)[C@@H]2C[C@H](OC)CCC/C=C(C)/C=C/[C@@H](O[C@@H]3O[C@@H](C)[C@H](OC)[C@@H](O)[C@@H]3O)[C@H](C)/C=C(C)/C=C(C)\C=C(/C)C(=O)O2)[C@H](C)[C@@H](O)[C@H]1C)O[C@H]1C[C@](C)(O)[C@@H](O[C@H]2C[C@@H](OC)[C@H](O)[C@@H](C)O2)[C@H](C)O1. The molecular weight excluding hydrogens is 1020 g/mol. The standard InChI is InChI=1S/C58H96O20/c1-30-18-16-17-19-40(68-13)25-45(75-55(64)34(5)24-32(3)22-31(2)23-33(4)42(21-20-30)76-56-51(62)50(61)52(70-15)38(9)73-56)53(63)58(66)36(7)48(59)35(6)43(78-58)26-41(29-67-12)74-47-28-57(11,65)54(39(10)72-47)77-46-27-44(69-14)49(60)37(8)71-46/h18,20-24,33,35-54,56,59-63,65-66H,16-17,19,25-29H2,1-15H3/b21-20+,30-18+,31-23+,32-22-,34-24+/t33-,35+,36-,37-,38+,39+,40-,41-,42-,43-,44-,45+,46+,47+,48+,49-,50+,51+,52+,53-,54+,56+,57+,58-/m1/s1. The Bertz CT molecular complexity index is 2040. The number of aliphatic hydroxyl groups excluding tert-OH is 5. The van der Waals surface area contributed by atoms with Crippen LogP contribution in [-0.4, -0.2) is 205 Å². The first kappa shape index (κ1) is 66.3. The minimum atomic E-state index is -2.45. The van der Waals surface area contributed by atoms with Gasteiger partial charge in [0.05, 0.1) is 67.1 Å². The van der Waals surface area contributed by atoms with Crippen molar-refractivity contribution in [2.75, 3.05) is 35.0 Å². The maximum absolute atomic E-state index is 14.1. The van der Waals surface area contributed by atoms with Crippen LogP contribution in [0, 0.1) is 17.8 Å². The van der Waals surface area contributed by atoms with Gasteiger partial charge in [-0.1, -0.05) is 67.9 Å². The average Bonchev–Trinajstić information content (AvgIpc) is 3.41. The van der Waals surface area contributed by atoms with Gasteiger partial charge in [-0.15, -0.1) is 0 Å². The number of methoxy groups -OCH3 is 4. The van der Waals surface area contributed by atoms with Crippen LogP contribution in [0.15, 0.2) is 58.7 Å². The number of hydrogen-bond donors (Lipinski definition) is 7. The van der Waals surface area contributed by atoms with Gasteiger partial charge >= 0.3 is 5.97 Å². The van der Waals surface area contributed by atoms with Crippen molar-refractivity contribution in [3.05, 3.63) is 58.7 Å². The Hall–Kier alpha value is -2.55. The minimum absolute atomic E-state index is 0.00843. The van der Waals surface area contributed by atoms with Crippen molar-refractivity contribution < 1.29 is 97.4 Å². The van der Waals surface area contributed by atoms with E-state index in [1.165, 1.54) is 28.4 Å². The quantitative estimate of drug-likeness (QED) is 0.110. The number of hydrogen-bond acceptors (Lipinski definition) is 20. The van der Waals surface area contributed by atoms with Gasteiger partial charge in [-0.05, 0) is 80.7 Å². The molecule has 78 heavy (non-hydrogen) atoms. The lowest BCUT2D eigenvalue weighted by Gasteiger charge is -2.51. The molecule has 24 atom stereocenters. The van der Waals surface area contributed by atoms with Gasteiger partial charge < -0.3 is 92.6 Å². The second-order valence-corrected chi connectivity index (χ2v) is 22.9. The summed E-state index contributed by atoms with van der Waals surface area (Å²) in [6, 6.07) is 0. The molecule has 5 heterocycles. The first-order valence-corrected chi connectivity index (χ1v) is 27.8. The number of esters is 1. The summed E-state index contributed by atoms with van der Waals surface area (Å²) in [6.07, 6.45) is -3.94. The van der Waals surface area contributed by atoms with Crippen LogP contribution in [0.25, 0.3) is 0 Å². The lowest BCUT2D eigenvalue weighted by atomic mass is 9.76. The summed E-state index contributed by atoms with van der Waals surface area (Å²) >= 11 is 0. The fourth-order valence-electron chi connectivity index (χ4n) is 11.6. The van der Waals surface area contributed by atoms with Crippen molar-refractivity contribution in [2.24, 2.45) is 17.8 Å². The molecule has 5 aliphatic rings. The molecule has 0 saturated carbocycles. The molecule has 4 saturated heterocycles. The molecule has 0 unspecified atom stereocenters. The van der Waals surface area contributed by atoms with Gasteiger partial charge in [0.25, 0.3) is 0 Å². The smallest absolute Gasteiger partial charge is 0.334 e. The molecule has 0 aromatic carbocycles. The van der Waals surface area contributed by atoms with Crippen molar-refractivity contribution in [3.8, 4) is 0 Å². The van der Waals surface area contributed by atoms with E-state index in [1.807, 2.05) is 52.0 Å². The monoisotopic (exact) mass is 1110 g/mol. The maximum atomic E-state index is 14.1. The van der Waals surface area contributed by atoms with Gasteiger partial charge in [0.2, 0.25) is 5.79 Å². The first-order chi connectivity index (χ1) is 36.7. The molecule has 5 aliphatic heterocycles. The van der Waals surface area contributed by atoms with E-state index in [0.29, 0.717) is 24.8 Å². The molecule has 0 spiro atoms. The zero-order chi connectivity index (χ0) is 58.0. The lowest BCUT2D eigenvalue weighted by molar-refractivity contribution is -0.366. The van der Waals surface area contributed by atoms with Crippen LogP contribution in [0.2, 0.25) is 0 Å². The Morgan fingerprint density at radius 1 is 0.769 bits per heavy atom. The Kier molecular flexibility index (Phi) is 25.2. The predicted molar refractivity (Wildman–Crippen MR) is 286 cm³/mol. The third kappa shape index (κ3) is 17.0. The van der Waals surface area contributed by atoms with Crippen LogP contribution in [0.1, 0.15) is 121 Å². The second-order valence-electron chi connectivity index (χ2n) is 22.9. The Labute approximate surface area is 462 Å². The number of cyclic esters (lactones) is 1. The second kappa shape index (κ2) is 29.6. The lowest BCUT2D eigenvalue weighted by Crippen LogP contribution is -2.65. The summed E-state index contributed by atoms with van der Waals surface area (Å²) in [4.78, 5) is 14.1. The molecule has 0 aromatic heterocycles. The van der Waals surface area contributed by atoms with E-state index in [2.05, 4.69) is 6.08 Å². The Balaban J connectivity index is 1.35. The highest BCUT2D eigenvalue weighted by molar-refractivity contribution is 5.88. The molecule has 0 bridgehead atoms. The maximum Gasteiger partial charge on any atom is 0.334 e. The Morgan fingerprint density at radius 2 is 1.46 bits per heavy atom. The highest BCUT2D eigenvalue weighted by Gasteiger charge is 2.57. The van der Waals surface area contributed by atoms with E-state index in [-0.39, 0.29) is 43.8 Å². The molecule has 0 aliphatic carbocycles. The first-order valence-electron chi connectivity index (χ1n) is 27.8. The van der Waals surface area contributed by atoms with Crippen LogP contribution in [-0.2, 0) is 61.6 Å². The number of carbonyl (C=O) groups excluding carboxylic acids is 1. The molecule has 0 radical (unpaired) electrons. The molecule has 7 N–H and O–H groups in total. The van der Waals surface area contributed by atoms with Gasteiger partial charge in [-0.2, -0.15) is 0 Å². The van der Waals surface area contributed by atoms with Crippen LogP contribution in [0.5, 0.6) is 0 Å². The third-order valence-corrected chi connectivity index (χ3v) is 16.3. The van der Waals surface area contributed by atoms with Crippen LogP contribution in [0.3, 0.4) is 0 Å². The average molecular weight is 1110 g/mol. The van der Waals surface area contributed by atoms with Crippen molar-refractivity contribution in [2.45, 2.75) is 249 Å². The van der Waals surface area contributed by atoms with Crippen LogP contribution >= 0.6 is 0 Å². The van der Waals surface area contributed by atoms with Crippen molar-refractivity contribution in [1.29, 1.82) is 0 Å². The molecule has 0 aromatic rings. The van der Waals surface area contributed by atoms with Crippen molar-refractivity contribution in [3.63, 3.8) is 0 Å². The highest BCUT2D eigenvalue weighted by atomic mass is 16.7. The summed E-state index contributed by atoms with van der Waals surface area (Å²) in [5.41, 5.74) is 1.25. The van der Waals surface area contributed by atoms with Gasteiger partial charge in [0, 0.05) is 77.4 Å². The topological polar surface area (TPSA) is 269 Å². The van der Waals surface area contributed by atoms with Crippen molar-refractivity contribution >= 4 is 5.97 Å². The number of ether oxygens (including phenoxy) is 12. The molecule has 20 heteroatoms. The number of allylic oxidation sites excluding steroid dienone is 7. The molecular formula is C58H96O20. The van der Waals surface area contributed by atoms with Crippen LogP contribution < -0.4 is 0 Å². The summed E-state index contributed by atoms with van der Waals surface area (Å²) in [6.45, 7) is 19.5. The fourth-order valence-corrected chi connectivity index (χ4v) is 11.6. The third-order valence-electron chi connectivity index (χ3n) is 16.3. The fraction of sp³-hybridized carbons (Fsp3) is 0.810. The van der Waals surface area contributed by atoms with E-state index in [4.69, 9.17) is 56.8 Å². The number of rotatable bonds is 15. The summed E-state index contributed by atoms with van der Waals surface area (Å²) in [5, 5.41) is 81.0. The van der Waals surface area contributed by atoms with E-state index in [0.717, 1.165) is 11.1 Å². The molecule has 448 valence electrons. The van der Waals surface area contributed by atoms with E-state index in [1.54, 1.807) is 54.5 Å². The van der Waals surface area contributed by atoms with Gasteiger partial charge in [-0.25, -0.2) is 4.79 Å².